The molecule has 3 aromatic carbocycles. The van der Waals surface area contributed by atoms with Gasteiger partial charge in [0, 0.05) is 37.9 Å². The second kappa shape index (κ2) is 19.3. The van der Waals surface area contributed by atoms with E-state index in [0.717, 1.165) is 32.8 Å². The molecule has 5 N–H and O–H groups in total. The fourth-order valence-electron chi connectivity index (χ4n) is 8.21. The summed E-state index contributed by atoms with van der Waals surface area (Å²) in [4.78, 5) is 61.4. The Morgan fingerprint density at radius 1 is 0.797 bits per heavy atom. The summed E-state index contributed by atoms with van der Waals surface area (Å²) in [6.45, 7) is 12.0. The molecule has 0 saturated carbocycles. The summed E-state index contributed by atoms with van der Waals surface area (Å²) >= 11 is 0. The highest BCUT2D eigenvalue weighted by atomic mass is 16.4. The van der Waals surface area contributed by atoms with Crippen molar-refractivity contribution in [2.75, 3.05) is 13.6 Å². The molecule has 2 heterocycles. The van der Waals surface area contributed by atoms with Gasteiger partial charge in [-0.3, -0.25) is 19.5 Å². The second-order valence-corrected chi connectivity index (χ2v) is 17.8. The molecule has 314 valence electrons. The molecule has 5 amide bonds. The standard InChI is InChI=1S/C47H60N6O6/c1-46(2,3)40(38-29-49-44(57)53(38)30-33-18-12-9-13-19-33)42(55)51-37(27-31-16-10-8-11-17-31)39(54)28-35(50-43(56)41(47(4,5)6)52(7)45(58)59)26-32-21-23-34(24-22-32)36-20-14-15-25-48-36/h8-25,35,37-41,54H,26-30H2,1-7H3,(H,49,57)(H,50,56)(H,51,55)(H,58,59)/t35-,37-,38?,39-,40-,41+/m0/s1. The summed E-state index contributed by atoms with van der Waals surface area (Å²) in [5, 5.41) is 31.4. The number of urea groups is 1. The molecule has 6 atom stereocenters. The zero-order chi connectivity index (χ0) is 42.9. The van der Waals surface area contributed by atoms with Crippen molar-refractivity contribution < 1.29 is 29.4 Å². The minimum absolute atomic E-state index is 0.0446. The van der Waals surface area contributed by atoms with Crippen LogP contribution in [0.3, 0.4) is 0 Å². The maximum absolute atomic E-state index is 14.7. The number of rotatable bonds is 16. The molecule has 1 unspecified atom stereocenters. The van der Waals surface area contributed by atoms with Gasteiger partial charge in [0.2, 0.25) is 11.8 Å². The molecule has 0 aliphatic carbocycles. The van der Waals surface area contributed by atoms with E-state index >= 15 is 0 Å². The zero-order valence-electron chi connectivity index (χ0n) is 35.3. The molecule has 4 aromatic rings. The Bertz CT molecular complexity index is 2000. The molecule has 0 spiro atoms. The van der Waals surface area contributed by atoms with Gasteiger partial charge in [0.05, 0.1) is 29.8 Å². The van der Waals surface area contributed by atoms with Crippen LogP contribution in [0.1, 0.15) is 64.7 Å². The highest BCUT2D eigenvalue weighted by Gasteiger charge is 2.46. The minimum atomic E-state index is -1.23. The van der Waals surface area contributed by atoms with Crippen LogP contribution in [0.2, 0.25) is 0 Å². The van der Waals surface area contributed by atoms with Gasteiger partial charge in [0.25, 0.3) is 0 Å². The Morgan fingerprint density at radius 3 is 1.95 bits per heavy atom. The number of aromatic nitrogens is 1. The Morgan fingerprint density at radius 2 is 1.39 bits per heavy atom. The van der Waals surface area contributed by atoms with E-state index in [1.165, 1.54) is 7.05 Å². The van der Waals surface area contributed by atoms with Gasteiger partial charge < -0.3 is 31.1 Å². The normalized spacial score (nSPS) is 16.9. The molecule has 12 heteroatoms. The van der Waals surface area contributed by atoms with Crippen LogP contribution >= 0.6 is 0 Å². The number of nitrogens with one attached hydrogen (secondary N) is 3. The Balaban J connectivity index is 1.45. The summed E-state index contributed by atoms with van der Waals surface area (Å²) in [6, 6.07) is 29.6. The van der Waals surface area contributed by atoms with Crippen LogP contribution in [-0.4, -0.2) is 92.8 Å². The summed E-state index contributed by atoms with van der Waals surface area (Å²) in [5.41, 5.74) is 3.14. The molecule has 0 bridgehead atoms. The number of nitrogens with zero attached hydrogens (tertiary/aromatic N) is 3. The number of likely N-dealkylation sites (N-methyl/N-ethyl adjacent to an activating group) is 1. The van der Waals surface area contributed by atoms with Gasteiger partial charge >= 0.3 is 12.1 Å². The predicted molar refractivity (Wildman–Crippen MR) is 229 cm³/mol. The SMILES string of the molecule is CN(C(=O)O)[C@H](C(=O)N[C@@H](Cc1ccc(-c2ccccn2)cc1)C[C@H](O)[C@H](Cc1ccccc1)NC(=O)[C@H](C1CNC(=O)N1Cc1ccccc1)C(C)(C)C)C(C)(C)C. The molecular weight excluding hydrogens is 745 g/mol. The molecule has 12 nitrogen and oxygen atoms in total. The molecular formula is C47H60N6O6. The number of aliphatic hydroxyl groups is 1. The molecule has 1 aliphatic rings. The first-order chi connectivity index (χ1) is 27.9. The van der Waals surface area contributed by atoms with Crippen molar-refractivity contribution in [3.8, 4) is 11.3 Å². The third-order valence-corrected chi connectivity index (χ3v) is 11.0. The maximum Gasteiger partial charge on any atom is 0.407 e. The lowest BCUT2D eigenvalue weighted by Crippen LogP contribution is -2.57. The molecule has 5 rings (SSSR count). The van der Waals surface area contributed by atoms with Gasteiger partial charge in [-0.2, -0.15) is 0 Å². The van der Waals surface area contributed by atoms with Gasteiger partial charge in [-0.1, -0.05) is 133 Å². The number of amides is 5. The largest absolute Gasteiger partial charge is 0.465 e. The number of pyridine rings is 1. The van der Waals surface area contributed by atoms with Crippen molar-refractivity contribution >= 4 is 23.9 Å². The van der Waals surface area contributed by atoms with Crippen molar-refractivity contribution in [3.63, 3.8) is 0 Å². The van der Waals surface area contributed by atoms with Crippen LogP contribution in [0.4, 0.5) is 9.59 Å². The lowest BCUT2D eigenvalue weighted by Gasteiger charge is -2.39. The highest BCUT2D eigenvalue weighted by molar-refractivity contribution is 5.86. The Kier molecular flexibility index (Phi) is 14.5. The molecule has 0 radical (unpaired) electrons. The third kappa shape index (κ3) is 11.9. The van der Waals surface area contributed by atoms with Gasteiger partial charge in [-0.25, -0.2) is 9.59 Å². The average molecular weight is 805 g/mol. The molecule has 1 aliphatic heterocycles. The summed E-state index contributed by atoms with van der Waals surface area (Å²) in [5.74, 6) is -1.43. The van der Waals surface area contributed by atoms with E-state index in [1.807, 2.05) is 145 Å². The number of benzene rings is 3. The van der Waals surface area contributed by atoms with E-state index < -0.39 is 59.0 Å². The fraction of sp³-hybridized carbons (Fsp3) is 0.426. The smallest absolute Gasteiger partial charge is 0.407 e. The predicted octanol–water partition coefficient (Wildman–Crippen LogP) is 6.54. The monoisotopic (exact) mass is 804 g/mol. The van der Waals surface area contributed by atoms with Crippen LogP contribution in [0.5, 0.6) is 0 Å². The van der Waals surface area contributed by atoms with Gasteiger partial charge in [-0.15, -0.1) is 0 Å². The van der Waals surface area contributed by atoms with Crippen molar-refractivity contribution in [3.05, 3.63) is 126 Å². The second-order valence-electron chi connectivity index (χ2n) is 17.8. The maximum atomic E-state index is 14.7. The molecule has 1 fully saturated rings. The van der Waals surface area contributed by atoms with Crippen LogP contribution < -0.4 is 16.0 Å². The average Bonchev–Trinajstić information content (AvgIpc) is 3.52. The molecule has 1 aromatic heterocycles. The van der Waals surface area contributed by atoms with E-state index in [9.17, 15) is 29.4 Å². The van der Waals surface area contributed by atoms with Crippen LogP contribution in [0.25, 0.3) is 11.3 Å². The minimum Gasteiger partial charge on any atom is -0.465 e. The first-order valence-electron chi connectivity index (χ1n) is 20.3. The highest BCUT2D eigenvalue weighted by Crippen LogP contribution is 2.34. The number of carboxylic acid groups (broad SMARTS) is 1. The number of hydrogen-bond donors (Lipinski definition) is 5. The summed E-state index contributed by atoms with van der Waals surface area (Å²) in [7, 11) is 1.38. The van der Waals surface area contributed by atoms with Gasteiger partial charge in [-0.05, 0) is 58.9 Å². The van der Waals surface area contributed by atoms with Crippen LogP contribution in [0.15, 0.2) is 109 Å². The van der Waals surface area contributed by atoms with E-state index in [1.54, 1.807) is 11.1 Å². The Hall–Kier alpha value is -5.75. The number of carbonyl (C=O) groups excluding carboxylic acids is 3. The quantitative estimate of drug-likeness (QED) is 0.0859. The summed E-state index contributed by atoms with van der Waals surface area (Å²) in [6.07, 6.45) is 0.0126. The van der Waals surface area contributed by atoms with E-state index in [4.69, 9.17) is 0 Å². The van der Waals surface area contributed by atoms with Crippen molar-refractivity contribution in [1.82, 2.24) is 30.7 Å². The van der Waals surface area contributed by atoms with E-state index in [2.05, 4.69) is 20.9 Å². The van der Waals surface area contributed by atoms with Crippen molar-refractivity contribution in [1.29, 1.82) is 0 Å². The van der Waals surface area contributed by atoms with Crippen LogP contribution in [0, 0.1) is 16.7 Å². The van der Waals surface area contributed by atoms with Crippen molar-refractivity contribution in [2.24, 2.45) is 16.7 Å². The first-order valence-corrected chi connectivity index (χ1v) is 20.3. The van der Waals surface area contributed by atoms with Gasteiger partial charge in [0.15, 0.2) is 0 Å². The lowest BCUT2D eigenvalue weighted by molar-refractivity contribution is -0.133. The first kappa shape index (κ1) is 44.4. The van der Waals surface area contributed by atoms with E-state index in [0.29, 0.717) is 25.9 Å². The molecule has 59 heavy (non-hydrogen) atoms. The van der Waals surface area contributed by atoms with Crippen LogP contribution in [-0.2, 0) is 29.0 Å². The Labute approximate surface area is 348 Å². The number of aliphatic hydroxyl groups excluding tert-OH is 1. The zero-order valence-corrected chi connectivity index (χ0v) is 35.3. The van der Waals surface area contributed by atoms with E-state index in [-0.39, 0.29) is 18.4 Å². The molecule has 1 saturated heterocycles. The fourth-order valence-corrected chi connectivity index (χ4v) is 8.21. The third-order valence-electron chi connectivity index (χ3n) is 11.0. The summed E-state index contributed by atoms with van der Waals surface area (Å²) < 4.78 is 0. The lowest BCUT2D eigenvalue weighted by atomic mass is 9.75. The van der Waals surface area contributed by atoms with Gasteiger partial charge in [0.1, 0.15) is 6.04 Å². The number of hydrogen-bond acceptors (Lipinski definition) is 6. The van der Waals surface area contributed by atoms with Crippen molar-refractivity contribution in [2.45, 2.75) is 97.6 Å². The topological polar surface area (TPSA) is 164 Å². The number of carbonyl (C=O) groups is 4.